The summed E-state index contributed by atoms with van der Waals surface area (Å²) >= 11 is 0. The van der Waals surface area contributed by atoms with Crippen LogP contribution in [0.1, 0.15) is 0 Å². The van der Waals surface area contributed by atoms with Gasteiger partial charge in [-0.25, -0.2) is 13.1 Å². The van der Waals surface area contributed by atoms with E-state index in [4.69, 9.17) is 4.74 Å². The van der Waals surface area contributed by atoms with Gasteiger partial charge < -0.3 is 10.1 Å². The Balaban J connectivity index is 1.80. The van der Waals surface area contributed by atoms with E-state index in [0.717, 1.165) is 13.1 Å². The molecular weight excluding hydrogens is 204 g/mol. The molecule has 0 aromatic rings. The van der Waals surface area contributed by atoms with Gasteiger partial charge in [0.25, 0.3) is 0 Å². The minimum Gasteiger partial charge on any atom is -0.384 e. The van der Waals surface area contributed by atoms with E-state index in [1.165, 1.54) is 7.11 Å². The van der Waals surface area contributed by atoms with Gasteiger partial charge in [-0.3, -0.25) is 0 Å². The van der Waals surface area contributed by atoms with Gasteiger partial charge in [-0.15, -0.1) is 0 Å². The van der Waals surface area contributed by atoms with Crippen LogP contribution in [-0.2, 0) is 14.8 Å². The average molecular weight is 220 g/mol. The highest BCUT2D eigenvalue weighted by Gasteiger charge is 2.54. The summed E-state index contributed by atoms with van der Waals surface area (Å²) in [6, 6.07) is 0.179. The molecule has 5 nitrogen and oxygen atoms in total. The van der Waals surface area contributed by atoms with Gasteiger partial charge in [0.1, 0.15) is 0 Å². The third-order valence-corrected chi connectivity index (χ3v) is 4.30. The normalized spacial score (nSPS) is 35.6. The Bertz CT molecular complexity index is 294. The van der Waals surface area contributed by atoms with Gasteiger partial charge in [-0.05, 0) is 24.9 Å². The number of methoxy groups -OCH3 is 1. The van der Waals surface area contributed by atoms with Crippen molar-refractivity contribution in [2.24, 2.45) is 11.8 Å². The smallest absolute Gasteiger partial charge is 0.214 e. The van der Waals surface area contributed by atoms with E-state index < -0.39 is 10.0 Å². The summed E-state index contributed by atoms with van der Waals surface area (Å²) in [5, 5.41) is 3.22. The Morgan fingerprint density at radius 3 is 2.64 bits per heavy atom. The van der Waals surface area contributed by atoms with Gasteiger partial charge >= 0.3 is 0 Å². The molecule has 14 heavy (non-hydrogen) atoms. The van der Waals surface area contributed by atoms with E-state index in [1.54, 1.807) is 0 Å². The Labute approximate surface area is 84.3 Å². The van der Waals surface area contributed by atoms with E-state index in [-0.39, 0.29) is 18.4 Å². The molecule has 6 heteroatoms. The summed E-state index contributed by atoms with van der Waals surface area (Å²) in [7, 11) is -1.62. The van der Waals surface area contributed by atoms with Crippen molar-refractivity contribution in [3.05, 3.63) is 0 Å². The largest absolute Gasteiger partial charge is 0.384 e. The van der Waals surface area contributed by atoms with Crippen LogP contribution in [0.25, 0.3) is 0 Å². The third-order valence-electron chi connectivity index (χ3n) is 2.96. The average Bonchev–Trinajstić information content (AvgIpc) is 2.64. The summed E-state index contributed by atoms with van der Waals surface area (Å²) in [5.41, 5.74) is 0. The number of rotatable bonds is 5. The van der Waals surface area contributed by atoms with Crippen molar-refractivity contribution in [1.82, 2.24) is 10.0 Å². The molecule has 0 aromatic heterocycles. The standard InChI is InChI=1S/C8H16N2O3S/c1-13-2-3-14(11,12)10-8-6-4-9-5-7(6)8/h6-10H,2-5H2,1H3. The highest BCUT2D eigenvalue weighted by atomic mass is 32.2. The molecule has 82 valence electrons. The van der Waals surface area contributed by atoms with E-state index in [1.807, 2.05) is 0 Å². The molecule has 1 aliphatic carbocycles. The minimum absolute atomic E-state index is 0.0624. The summed E-state index contributed by atoms with van der Waals surface area (Å²) in [6.45, 7) is 2.15. The fourth-order valence-corrected chi connectivity index (χ4v) is 3.32. The molecule has 1 aliphatic heterocycles. The number of hydrogen-bond acceptors (Lipinski definition) is 4. The first-order valence-corrected chi connectivity index (χ1v) is 6.49. The van der Waals surface area contributed by atoms with Gasteiger partial charge in [0, 0.05) is 13.2 Å². The second-order valence-electron chi connectivity index (χ2n) is 3.94. The molecule has 0 spiro atoms. The van der Waals surface area contributed by atoms with E-state index in [2.05, 4.69) is 10.0 Å². The molecule has 1 saturated heterocycles. The second-order valence-corrected chi connectivity index (χ2v) is 5.81. The molecular formula is C8H16N2O3S. The Morgan fingerprint density at radius 1 is 1.43 bits per heavy atom. The summed E-state index contributed by atoms with van der Waals surface area (Å²) < 4.78 is 30.4. The van der Waals surface area contributed by atoms with Gasteiger partial charge in [0.05, 0.1) is 12.4 Å². The van der Waals surface area contributed by atoms with Crippen LogP contribution in [0.2, 0.25) is 0 Å². The predicted octanol–water partition coefficient (Wildman–Crippen LogP) is -1.23. The van der Waals surface area contributed by atoms with E-state index >= 15 is 0 Å². The lowest BCUT2D eigenvalue weighted by Crippen LogP contribution is -2.35. The van der Waals surface area contributed by atoms with Crippen molar-refractivity contribution < 1.29 is 13.2 Å². The van der Waals surface area contributed by atoms with Crippen molar-refractivity contribution >= 4 is 10.0 Å². The Hall–Kier alpha value is -0.170. The predicted molar refractivity (Wildman–Crippen MR) is 52.4 cm³/mol. The van der Waals surface area contributed by atoms with Crippen LogP contribution in [0.3, 0.4) is 0 Å². The van der Waals surface area contributed by atoms with Crippen molar-refractivity contribution in [1.29, 1.82) is 0 Å². The summed E-state index contributed by atoms with van der Waals surface area (Å²) in [6.07, 6.45) is 0. The highest BCUT2D eigenvalue weighted by Crippen LogP contribution is 2.41. The molecule has 0 bridgehead atoms. The number of ether oxygens (including phenoxy) is 1. The zero-order valence-electron chi connectivity index (χ0n) is 8.19. The molecule has 1 saturated carbocycles. The quantitative estimate of drug-likeness (QED) is 0.609. The summed E-state index contributed by atoms with van der Waals surface area (Å²) in [4.78, 5) is 0. The monoisotopic (exact) mass is 220 g/mol. The molecule has 1 heterocycles. The Kier molecular flexibility index (Phi) is 2.79. The van der Waals surface area contributed by atoms with E-state index in [0.29, 0.717) is 11.8 Å². The topological polar surface area (TPSA) is 67.4 Å². The highest BCUT2D eigenvalue weighted by molar-refractivity contribution is 7.89. The first kappa shape index (κ1) is 10.4. The number of hydrogen-bond donors (Lipinski definition) is 2. The van der Waals surface area contributed by atoms with Crippen LogP contribution in [0.4, 0.5) is 0 Å². The maximum Gasteiger partial charge on any atom is 0.214 e. The zero-order chi connectivity index (χ0) is 10.2. The van der Waals surface area contributed by atoms with Crippen LogP contribution in [0.5, 0.6) is 0 Å². The molecule has 2 atom stereocenters. The first-order chi connectivity index (χ1) is 6.64. The lowest BCUT2D eigenvalue weighted by atomic mass is 10.4. The molecule has 0 amide bonds. The third kappa shape index (κ3) is 2.08. The molecule has 2 aliphatic rings. The molecule has 0 aromatic carbocycles. The maximum atomic E-state index is 11.5. The van der Waals surface area contributed by atoms with E-state index in [9.17, 15) is 8.42 Å². The fraction of sp³-hybridized carbons (Fsp3) is 1.00. The van der Waals surface area contributed by atoms with Gasteiger partial charge in [0.2, 0.25) is 10.0 Å². The lowest BCUT2D eigenvalue weighted by Gasteiger charge is -2.07. The summed E-state index contributed by atoms with van der Waals surface area (Å²) in [5.74, 6) is 1.10. The first-order valence-electron chi connectivity index (χ1n) is 4.84. The lowest BCUT2D eigenvalue weighted by molar-refractivity contribution is 0.217. The SMILES string of the molecule is COCCS(=O)(=O)NC1C2CNCC21. The number of nitrogens with one attached hydrogen (secondary N) is 2. The van der Waals surface area contributed by atoms with Crippen molar-refractivity contribution in [3.8, 4) is 0 Å². The number of fused-ring (bicyclic) bond motifs is 1. The van der Waals surface area contributed by atoms with Crippen molar-refractivity contribution in [3.63, 3.8) is 0 Å². The molecule has 2 fully saturated rings. The minimum atomic E-state index is -3.13. The second kappa shape index (κ2) is 3.77. The Morgan fingerprint density at radius 2 is 2.07 bits per heavy atom. The maximum absolute atomic E-state index is 11.5. The van der Waals surface area contributed by atoms with Crippen LogP contribution in [0.15, 0.2) is 0 Å². The number of piperidine rings is 1. The fourth-order valence-electron chi connectivity index (χ4n) is 2.05. The van der Waals surface area contributed by atoms with Crippen molar-refractivity contribution in [2.75, 3.05) is 32.6 Å². The van der Waals surface area contributed by atoms with Gasteiger partial charge in [-0.2, -0.15) is 0 Å². The zero-order valence-corrected chi connectivity index (χ0v) is 9.01. The number of sulfonamides is 1. The van der Waals surface area contributed by atoms with Crippen LogP contribution in [-0.4, -0.2) is 47.0 Å². The van der Waals surface area contributed by atoms with Crippen LogP contribution >= 0.6 is 0 Å². The molecule has 0 radical (unpaired) electrons. The van der Waals surface area contributed by atoms with Crippen molar-refractivity contribution in [2.45, 2.75) is 6.04 Å². The van der Waals surface area contributed by atoms with Crippen LogP contribution < -0.4 is 10.0 Å². The molecule has 2 rings (SSSR count). The molecule has 2 unspecified atom stereocenters. The van der Waals surface area contributed by atoms with Gasteiger partial charge in [-0.1, -0.05) is 0 Å². The van der Waals surface area contributed by atoms with Crippen LogP contribution in [0, 0.1) is 11.8 Å². The molecule has 2 N–H and O–H groups in total. The van der Waals surface area contributed by atoms with Gasteiger partial charge in [0.15, 0.2) is 0 Å².